The van der Waals surface area contributed by atoms with Gasteiger partial charge in [0, 0.05) is 13.2 Å². The maximum atomic E-state index is 12.0. The summed E-state index contributed by atoms with van der Waals surface area (Å²) in [7, 11) is 1.55. The van der Waals surface area contributed by atoms with Gasteiger partial charge in [-0.1, -0.05) is 11.6 Å². The summed E-state index contributed by atoms with van der Waals surface area (Å²) >= 11 is 5.70. The number of amides is 1. The van der Waals surface area contributed by atoms with E-state index in [-0.39, 0.29) is 5.69 Å². The molecule has 18 heavy (non-hydrogen) atoms. The molecular formula is C10H11ClN2O5. The van der Waals surface area contributed by atoms with Crippen molar-refractivity contribution in [1.29, 1.82) is 0 Å². The summed E-state index contributed by atoms with van der Waals surface area (Å²) in [6.45, 7) is -1.37. The van der Waals surface area contributed by atoms with E-state index < -0.39 is 30.9 Å². The Bertz CT molecular complexity index is 480. The fourth-order valence-corrected chi connectivity index (χ4v) is 1.67. The number of nitrogens with zero attached hydrogens (tertiary/aromatic N) is 2. The van der Waals surface area contributed by atoms with Crippen LogP contribution in [0.2, 0.25) is 5.02 Å². The number of hydrogen-bond acceptors (Lipinski definition) is 3. The van der Waals surface area contributed by atoms with E-state index in [0.717, 1.165) is 4.90 Å². The van der Waals surface area contributed by atoms with E-state index in [4.69, 9.17) is 21.8 Å². The molecular weight excluding hydrogens is 264 g/mol. The zero-order valence-corrected chi connectivity index (χ0v) is 10.2. The predicted octanol–water partition coefficient (Wildman–Crippen LogP) is 0.290. The maximum absolute atomic E-state index is 12.0. The van der Waals surface area contributed by atoms with Gasteiger partial charge in [0.2, 0.25) is 0 Å². The van der Waals surface area contributed by atoms with Crippen LogP contribution in [0.3, 0.4) is 0 Å². The molecule has 0 saturated carbocycles. The number of aryl methyl sites for hydroxylation is 1. The molecule has 0 fully saturated rings. The molecule has 0 aliphatic carbocycles. The lowest BCUT2D eigenvalue weighted by Crippen LogP contribution is -2.40. The van der Waals surface area contributed by atoms with E-state index in [2.05, 4.69) is 0 Å². The number of carbonyl (C=O) groups excluding carboxylic acids is 1. The average molecular weight is 275 g/mol. The minimum Gasteiger partial charge on any atom is -0.480 e. The van der Waals surface area contributed by atoms with E-state index in [1.165, 1.54) is 16.8 Å². The summed E-state index contributed by atoms with van der Waals surface area (Å²) in [6.07, 6.45) is 1.47. The van der Waals surface area contributed by atoms with E-state index in [1.54, 1.807) is 7.05 Å². The van der Waals surface area contributed by atoms with Gasteiger partial charge in [-0.25, -0.2) is 0 Å². The van der Waals surface area contributed by atoms with Gasteiger partial charge in [-0.3, -0.25) is 14.4 Å². The molecule has 1 heterocycles. The van der Waals surface area contributed by atoms with Crippen molar-refractivity contribution in [3.8, 4) is 0 Å². The van der Waals surface area contributed by atoms with Crippen LogP contribution in [0.1, 0.15) is 10.5 Å². The Hall–Kier alpha value is -2.02. The summed E-state index contributed by atoms with van der Waals surface area (Å²) in [6, 6.07) is 1.35. The third-order valence-electron chi connectivity index (χ3n) is 2.13. The van der Waals surface area contributed by atoms with Crippen LogP contribution in [-0.2, 0) is 16.6 Å². The van der Waals surface area contributed by atoms with Crippen molar-refractivity contribution in [3.05, 3.63) is 23.0 Å². The van der Waals surface area contributed by atoms with Crippen molar-refractivity contribution in [2.24, 2.45) is 7.05 Å². The molecule has 0 aliphatic rings. The first-order chi connectivity index (χ1) is 8.31. The van der Waals surface area contributed by atoms with Crippen LogP contribution in [0.15, 0.2) is 12.3 Å². The molecule has 0 atom stereocenters. The molecule has 1 aromatic heterocycles. The van der Waals surface area contributed by atoms with Gasteiger partial charge >= 0.3 is 11.9 Å². The Morgan fingerprint density at radius 3 is 2.11 bits per heavy atom. The standard InChI is InChI=1S/C10H11ClN2O5/c1-12-3-6(11)2-7(12)10(18)13(4-8(14)15)5-9(16)17/h2-3H,4-5H2,1H3,(H,14,15)(H,16,17). The van der Waals surface area contributed by atoms with Crippen molar-refractivity contribution >= 4 is 29.4 Å². The quantitative estimate of drug-likeness (QED) is 0.804. The van der Waals surface area contributed by atoms with Gasteiger partial charge in [-0.2, -0.15) is 0 Å². The van der Waals surface area contributed by atoms with Crippen LogP contribution < -0.4 is 0 Å². The summed E-state index contributed by atoms with van der Waals surface area (Å²) < 4.78 is 1.40. The molecule has 0 saturated heterocycles. The Labute approximate surface area is 107 Å². The van der Waals surface area contributed by atoms with Gasteiger partial charge in [0.05, 0.1) is 5.02 Å². The second kappa shape index (κ2) is 5.54. The first kappa shape index (κ1) is 14.0. The molecule has 1 aromatic rings. The molecule has 2 N–H and O–H groups in total. The Kier molecular flexibility index (Phi) is 4.33. The minimum atomic E-state index is -1.29. The third kappa shape index (κ3) is 3.49. The van der Waals surface area contributed by atoms with Gasteiger partial charge in [-0.05, 0) is 6.07 Å². The topological polar surface area (TPSA) is 99.8 Å². The average Bonchev–Trinajstić information content (AvgIpc) is 2.54. The largest absolute Gasteiger partial charge is 0.480 e. The molecule has 0 spiro atoms. The molecule has 0 aromatic carbocycles. The van der Waals surface area contributed by atoms with Crippen molar-refractivity contribution < 1.29 is 24.6 Å². The lowest BCUT2D eigenvalue weighted by atomic mass is 10.3. The van der Waals surface area contributed by atoms with Crippen LogP contribution in [0.5, 0.6) is 0 Å². The molecule has 1 rings (SSSR count). The molecule has 8 heteroatoms. The molecule has 0 unspecified atom stereocenters. The first-order valence-electron chi connectivity index (χ1n) is 4.86. The smallest absolute Gasteiger partial charge is 0.323 e. The Balaban J connectivity index is 2.97. The van der Waals surface area contributed by atoms with Gasteiger partial charge in [0.15, 0.2) is 0 Å². The van der Waals surface area contributed by atoms with Crippen LogP contribution in [0.25, 0.3) is 0 Å². The highest BCUT2D eigenvalue weighted by molar-refractivity contribution is 6.31. The van der Waals surface area contributed by atoms with Crippen LogP contribution in [-0.4, -0.2) is 50.6 Å². The third-order valence-corrected chi connectivity index (χ3v) is 2.34. The molecule has 0 radical (unpaired) electrons. The number of rotatable bonds is 5. The Morgan fingerprint density at radius 2 is 1.78 bits per heavy atom. The zero-order chi connectivity index (χ0) is 13.9. The molecule has 7 nitrogen and oxygen atoms in total. The summed E-state index contributed by atoms with van der Waals surface area (Å²) in [5, 5.41) is 17.6. The summed E-state index contributed by atoms with van der Waals surface area (Å²) in [5.41, 5.74) is 0.127. The highest BCUT2D eigenvalue weighted by atomic mass is 35.5. The van der Waals surface area contributed by atoms with Crippen molar-refractivity contribution in [2.45, 2.75) is 0 Å². The number of aromatic nitrogens is 1. The van der Waals surface area contributed by atoms with Crippen LogP contribution in [0, 0.1) is 0 Å². The predicted molar refractivity (Wildman–Crippen MR) is 61.6 cm³/mol. The van der Waals surface area contributed by atoms with E-state index in [9.17, 15) is 14.4 Å². The normalized spacial score (nSPS) is 10.1. The summed E-state index contributed by atoms with van der Waals surface area (Å²) in [4.78, 5) is 33.9. The second-order valence-corrected chi connectivity index (χ2v) is 4.04. The van der Waals surface area contributed by atoms with Crippen LogP contribution >= 0.6 is 11.6 Å². The molecule has 0 bridgehead atoms. The number of hydrogen-bond donors (Lipinski definition) is 2. The van der Waals surface area contributed by atoms with Gasteiger partial charge < -0.3 is 19.7 Å². The van der Waals surface area contributed by atoms with Crippen LogP contribution in [0.4, 0.5) is 0 Å². The number of halogens is 1. The number of carboxylic acids is 2. The van der Waals surface area contributed by atoms with Gasteiger partial charge in [0.25, 0.3) is 5.91 Å². The molecule has 98 valence electrons. The molecule has 1 amide bonds. The van der Waals surface area contributed by atoms with Gasteiger partial charge in [-0.15, -0.1) is 0 Å². The fraction of sp³-hybridized carbons (Fsp3) is 0.300. The fourth-order valence-electron chi connectivity index (χ4n) is 1.42. The van der Waals surface area contributed by atoms with Crippen molar-refractivity contribution in [2.75, 3.05) is 13.1 Å². The van der Waals surface area contributed by atoms with E-state index >= 15 is 0 Å². The molecule has 0 aliphatic heterocycles. The number of aliphatic carboxylic acids is 2. The van der Waals surface area contributed by atoms with Crippen molar-refractivity contribution in [1.82, 2.24) is 9.47 Å². The highest BCUT2D eigenvalue weighted by Gasteiger charge is 2.23. The van der Waals surface area contributed by atoms with Crippen molar-refractivity contribution in [3.63, 3.8) is 0 Å². The highest BCUT2D eigenvalue weighted by Crippen LogP contribution is 2.14. The SMILES string of the molecule is Cn1cc(Cl)cc1C(=O)N(CC(=O)O)CC(=O)O. The summed E-state index contributed by atoms with van der Waals surface area (Å²) in [5.74, 6) is -3.27. The first-order valence-corrected chi connectivity index (χ1v) is 5.23. The lowest BCUT2D eigenvalue weighted by Gasteiger charge is -2.18. The van der Waals surface area contributed by atoms with Gasteiger partial charge in [0.1, 0.15) is 18.8 Å². The lowest BCUT2D eigenvalue weighted by molar-refractivity contribution is -0.140. The zero-order valence-electron chi connectivity index (χ0n) is 9.46. The number of carbonyl (C=O) groups is 3. The van der Waals surface area contributed by atoms with E-state index in [0.29, 0.717) is 5.02 Å². The monoisotopic (exact) mass is 274 g/mol. The maximum Gasteiger partial charge on any atom is 0.323 e. The Morgan fingerprint density at radius 1 is 1.28 bits per heavy atom. The minimum absolute atomic E-state index is 0.127. The number of carboxylic acid groups (broad SMARTS) is 2. The second-order valence-electron chi connectivity index (χ2n) is 3.60. The van der Waals surface area contributed by atoms with E-state index in [1.807, 2.05) is 0 Å².